The Balaban J connectivity index is 0.000000336. The van der Waals surface area contributed by atoms with Crippen LogP contribution in [0.5, 0.6) is 0 Å². The van der Waals surface area contributed by atoms with Crippen LogP contribution in [-0.2, 0) is 9.53 Å². The summed E-state index contributed by atoms with van der Waals surface area (Å²) < 4.78 is 4.68. The van der Waals surface area contributed by atoms with Crippen LogP contribution in [0.1, 0.15) is 33.9 Å². The molecule has 38 heavy (non-hydrogen) atoms. The second-order valence-electron chi connectivity index (χ2n) is 8.66. The minimum atomic E-state index is -0.157. The summed E-state index contributed by atoms with van der Waals surface area (Å²) in [5, 5.41) is 7.59. The quantitative estimate of drug-likeness (QED) is 0.285. The minimum Gasteiger partial charge on any atom is -0.469 e. The number of aromatic nitrogens is 3. The molecule has 3 aromatic rings. The van der Waals surface area contributed by atoms with Crippen LogP contribution in [-0.4, -0.2) is 79.0 Å². The lowest BCUT2D eigenvalue weighted by molar-refractivity contribution is -0.140. The molecule has 1 fully saturated rings. The van der Waals surface area contributed by atoms with Crippen LogP contribution < -0.4 is 15.5 Å². The number of hydrogen-bond donors (Lipinski definition) is 2. The van der Waals surface area contributed by atoms with Crippen LogP contribution >= 0.6 is 22.9 Å². The molecule has 10 nitrogen and oxygen atoms in total. The third-order valence-electron chi connectivity index (χ3n) is 5.95. The topological polar surface area (TPSA) is 113 Å². The molecule has 0 amide bonds. The van der Waals surface area contributed by atoms with E-state index in [1.54, 1.807) is 0 Å². The van der Waals surface area contributed by atoms with Crippen molar-refractivity contribution in [1.29, 1.82) is 0 Å². The maximum atomic E-state index is 11.2. The molecule has 0 spiro atoms. The number of piperazine rings is 1. The number of nitrogens with one attached hydrogen (secondary N) is 2. The van der Waals surface area contributed by atoms with Crippen LogP contribution in [0, 0.1) is 13.8 Å². The summed E-state index contributed by atoms with van der Waals surface area (Å²) in [6.07, 6.45) is 3.59. The van der Waals surface area contributed by atoms with E-state index in [-0.39, 0.29) is 5.97 Å². The maximum Gasteiger partial charge on any atom is 0.305 e. The van der Waals surface area contributed by atoms with Gasteiger partial charge in [-0.25, -0.2) is 15.0 Å². The molecular weight excluding hydrogens is 526 g/mol. The second kappa shape index (κ2) is 14.6. The monoisotopic (exact) mass is 559 g/mol. The van der Waals surface area contributed by atoms with Gasteiger partial charge in [-0.05, 0) is 38.4 Å². The molecule has 1 aliphatic rings. The van der Waals surface area contributed by atoms with Crippen molar-refractivity contribution in [2.75, 3.05) is 62.4 Å². The highest BCUT2D eigenvalue weighted by Gasteiger charge is 2.19. The van der Waals surface area contributed by atoms with Gasteiger partial charge in [0.05, 0.1) is 28.9 Å². The van der Waals surface area contributed by atoms with Crippen molar-refractivity contribution in [3.63, 3.8) is 0 Å². The number of para-hydroxylation sites is 1. The van der Waals surface area contributed by atoms with Crippen LogP contribution in [0.15, 0.2) is 30.5 Å². The van der Waals surface area contributed by atoms with Crippen molar-refractivity contribution in [1.82, 2.24) is 19.9 Å². The number of esters is 1. The zero-order valence-corrected chi connectivity index (χ0v) is 23.7. The highest BCUT2D eigenvalue weighted by Crippen LogP contribution is 2.25. The SMILES string of the molecule is CNc1c(C)cccc1Cl.COC(=O)CCCN1CCN(c2cc(Nc3ncc(C=O)s3)nc(C)n2)CC1. The van der Waals surface area contributed by atoms with Crippen molar-refractivity contribution < 1.29 is 14.3 Å². The summed E-state index contributed by atoms with van der Waals surface area (Å²) in [6, 6.07) is 7.75. The number of carbonyl (C=O) groups excluding carboxylic acids is 2. The minimum absolute atomic E-state index is 0.157. The first kappa shape index (κ1) is 29.3. The Kier molecular flexibility index (Phi) is 11.3. The normalized spacial score (nSPS) is 13.3. The Hall–Kier alpha value is -3.28. The standard InChI is InChI=1S/C18H24N6O3S.C8H10ClN/c1-13-20-15(22-18-19-11-14(12-25)28-18)10-16(21-13)24-8-6-23(7-9-24)5-3-4-17(26)27-2;1-6-4-3-5-7(9)8(6)10-2/h10-12H,3-9H2,1-2H3,(H,19,20,21,22);3-5,10H,1-2H3. The zero-order chi connectivity index (χ0) is 27.5. The number of thiazole rings is 1. The van der Waals surface area contributed by atoms with Crippen molar-refractivity contribution in [2.45, 2.75) is 26.7 Å². The van der Waals surface area contributed by atoms with Gasteiger partial charge < -0.3 is 20.3 Å². The first-order valence-corrected chi connectivity index (χ1v) is 13.5. The molecular formula is C26H34ClN7O3S. The number of methoxy groups -OCH3 is 1. The summed E-state index contributed by atoms with van der Waals surface area (Å²) in [4.78, 5) is 40.3. The van der Waals surface area contributed by atoms with Gasteiger partial charge in [0.15, 0.2) is 11.4 Å². The van der Waals surface area contributed by atoms with Crippen molar-refractivity contribution in [2.24, 2.45) is 0 Å². The molecule has 2 N–H and O–H groups in total. The van der Waals surface area contributed by atoms with Gasteiger partial charge in [0, 0.05) is 45.7 Å². The van der Waals surface area contributed by atoms with E-state index in [0.29, 0.717) is 28.1 Å². The number of aryl methyl sites for hydroxylation is 2. The molecule has 204 valence electrons. The number of rotatable bonds is 9. The maximum absolute atomic E-state index is 11.2. The van der Waals surface area contributed by atoms with E-state index in [2.05, 4.69) is 40.1 Å². The summed E-state index contributed by atoms with van der Waals surface area (Å²) >= 11 is 7.15. The van der Waals surface area contributed by atoms with E-state index in [0.717, 1.165) is 62.0 Å². The molecule has 0 radical (unpaired) electrons. The number of nitrogens with zero attached hydrogens (tertiary/aromatic N) is 5. The lowest BCUT2D eigenvalue weighted by atomic mass is 10.2. The lowest BCUT2D eigenvalue weighted by Crippen LogP contribution is -2.47. The fourth-order valence-corrected chi connectivity index (χ4v) is 4.94. The number of halogens is 1. The smallest absolute Gasteiger partial charge is 0.305 e. The number of aldehydes is 1. The summed E-state index contributed by atoms with van der Waals surface area (Å²) in [6.45, 7) is 8.33. The van der Waals surface area contributed by atoms with Crippen LogP contribution in [0.2, 0.25) is 5.02 Å². The van der Waals surface area contributed by atoms with Crippen molar-refractivity contribution in [3.8, 4) is 0 Å². The summed E-state index contributed by atoms with van der Waals surface area (Å²) in [5.74, 6) is 2.05. The molecule has 1 saturated heterocycles. The molecule has 0 unspecified atom stereocenters. The van der Waals surface area contributed by atoms with Gasteiger partial charge in [0.2, 0.25) is 0 Å². The molecule has 4 rings (SSSR count). The number of benzene rings is 1. The van der Waals surface area contributed by atoms with E-state index in [1.165, 1.54) is 30.2 Å². The number of anilines is 4. The van der Waals surface area contributed by atoms with E-state index in [4.69, 9.17) is 11.6 Å². The molecule has 2 aromatic heterocycles. The summed E-state index contributed by atoms with van der Waals surface area (Å²) in [5.41, 5.74) is 2.19. The van der Waals surface area contributed by atoms with E-state index < -0.39 is 0 Å². The first-order valence-electron chi connectivity index (χ1n) is 12.3. The van der Waals surface area contributed by atoms with Gasteiger partial charge in [0.25, 0.3) is 0 Å². The van der Waals surface area contributed by atoms with E-state index in [1.807, 2.05) is 45.2 Å². The van der Waals surface area contributed by atoms with Gasteiger partial charge in [-0.3, -0.25) is 14.5 Å². The first-order chi connectivity index (χ1) is 18.3. The third kappa shape index (κ3) is 8.64. The van der Waals surface area contributed by atoms with Gasteiger partial charge in [-0.15, -0.1) is 0 Å². The zero-order valence-electron chi connectivity index (χ0n) is 22.2. The Morgan fingerprint density at radius 2 is 1.97 bits per heavy atom. The fourth-order valence-electron chi connectivity index (χ4n) is 3.98. The van der Waals surface area contributed by atoms with Crippen LogP contribution in [0.3, 0.4) is 0 Å². The molecule has 12 heteroatoms. The fraction of sp³-hybridized carbons (Fsp3) is 0.423. The van der Waals surface area contributed by atoms with Crippen LogP contribution in [0.4, 0.5) is 22.5 Å². The molecule has 0 aliphatic carbocycles. The number of hydrogen-bond acceptors (Lipinski definition) is 11. The molecule has 1 aromatic carbocycles. The molecule has 1 aliphatic heterocycles. The highest BCUT2D eigenvalue weighted by molar-refractivity contribution is 7.17. The Morgan fingerprint density at radius 1 is 1.21 bits per heavy atom. The third-order valence-corrected chi connectivity index (χ3v) is 7.10. The summed E-state index contributed by atoms with van der Waals surface area (Å²) in [7, 11) is 3.29. The van der Waals surface area contributed by atoms with E-state index in [9.17, 15) is 9.59 Å². The van der Waals surface area contributed by atoms with Gasteiger partial charge in [-0.1, -0.05) is 35.1 Å². The highest BCUT2D eigenvalue weighted by atomic mass is 35.5. The number of ether oxygens (including phenoxy) is 1. The lowest BCUT2D eigenvalue weighted by Gasteiger charge is -2.35. The van der Waals surface area contributed by atoms with Gasteiger partial charge in [-0.2, -0.15) is 0 Å². The number of carbonyl (C=O) groups is 2. The average molecular weight is 560 g/mol. The average Bonchev–Trinajstić information content (AvgIpc) is 3.36. The van der Waals surface area contributed by atoms with Gasteiger partial charge in [0.1, 0.15) is 17.5 Å². The van der Waals surface area contributed by atoms with E-state index >= 15 is 0 Å². The Labute approximate surface area is 232 Å². The predicted octanol–water partition coefficient (Wildman–Crippen LogP) is 4.56. The predicted molar refractivity (Wildman–Crippen MR) is 153 cm³/mol. The van der Waals surface area contributed by atoms with Crippen molar-refractivity contribution in [3.05, 3.63) is 51.7 Å². The molecule has 0 atom stereocenters. The van der Waals surface area contributed by atoms with Gasteiger partial charge >= 0.3 is 5.97 Å². The second-order valence-corrected chi connectivity index (χ2v) is 10.1. The van der Waals surface area contributed by atoms with Crippen molar-refractivity contribution >= 4 is 57.6 Å². The molecule has 0 bridgehead atoms. The Morgan fingerprint density at radius 3 is 2.58 bits per heavy atom. The Bertz CT molecular complexity index is 1200. The largest absolute Gasteiger partial charge is 0.469 e. The molecule has 0 saturated carbocycles. The molecule has 3 heterocycles. The van der Waals surface area contributed by atoms with Crippen LogP contribution in [0.25, 0.3) is 0 Å².